The first-order valence-electron chi connectivity index (χ1n) is 16.2. The monoisotopic (exact) mass is 694 g/mol. The summed E-state index contributed by atoms with van der Waals surface area (Å²) in [5, 5.41) is 0. The molecule has 0 bridgehead atoms. The van der Waals surface area contributed by atoms with Crippen LogP contribution in [0.25, 0.3) is 24.3 Å². The molecule has 1 unspecified atom stereocenters. The molecule has 0 saturated heterocycles. The minimum Gasteiger partial charge on any atom is -0.399 e. The van der Waals surface area contributed by atoms with Crippen LogP contribution in [0.5, 0.6) is 0 Å². The first kappa shape index (κ1) is 43.7. The van der Waals surface area contributed by atoms with Crippen LogP contribution < -0.4 is 20.6 Å². The van der Waals surface area contributed by atoms with E-state index >= 15 is 0 Å². The Balaban J connectivity index is 0.00000171. The van der Waals surface area contributed by atoms with Gasteiger partial charge in [-0.25, -0.2) is 9.13 Å². The fourth-order valence-electron chi connectivity index (χ4n) is 3.46. The highest BCUT2D eigenvalue weighted by Crippen LogP contribution is 2.20. The zero-order valence-corrected chi connectivity index (χ0v) is 32.2. The number of hydrogen-bond donors (Lipinski definition) is 2. The van der Waals surface area contributed by atoms with Crippen LogP contribution in [-0.2, 0) is 17.3 Å². The summed E-state index contributed by atoms with van der Waals surface area (Å²) < 4.78 is 9.14. The van der Waals surface area contributed by atoms with E-state index in [1.54, 1.807) is 7.11 Å². The highest BCUT2D eigenvalue weighted by molar-refractivity contribution is 8.76. The number of benzene rings is 2. The second-order valence-electron chi connectivity index (χ2n) is 9.12. The Kier molecular flexibility index (Phi) is 26.9. The van der Waals surface area contributed by atoms with Crippen molar-refractivity contribution in [3.63, 3.8) is 0 Å². The largest absolute Gasteiger partial charge is 0.399 e. The van der Waals surface area contributed by atoms with E-state index in [0.29, 0.717) is 0 Å². The molecule has 2 aromatic heterocycles. The number of hydrogen-bond acceptors (Lipinski definition) is 5. The van der Waals surface area contributed by atoms with Gasteiger partial charge in [-0.3, -0.25) is 0 Å². The Hall–Kier alpha value is -3.30. The van der Waals surface area contributed by atoms with Gasteiger partial charge in [-0.05, 0) is 46.5 Å². The standard InChI is InChI=1S/C30H30N4S2.C3H8OS.3C2H6/c31-29-9-5-25(6-10-29)1-3-27-13-17-33(18-14-27)21-23-35-36-24-22-34-19-15-28(16-20-34)4-2-26-7-11-30(32)12-8-26;1-4-5(2)3;3*1-2/h1-20,31-32H,21-24H2;2H2,1,3H3;3*1-2H3/p+2. The maximum atomic E-state index is 5.74. The lowest BCUT2D eigenvalue weighted by atomic mass is 10.1. The lowest BCUT2D eigenvalue weighted by molar-refractivity contribution is -0.692. The SMILES string of the molecule is C=S(C)OC.CC.CC.CC.Nc1ccc(/C=C/c2cc[n+](CCSSCC[n+]3ccc(/C=C/c4ccc(N)cc4)cc3)cc2)cc1. The lowest BCUT2D eigenvalue weighted by Crippen LogP contribution is -2.34. The van der Waals surface area contributed by atoms with Crippen LogP contribution in [0.4, 0.5) is 11.4 Å². The van der Waals surface area contributed by atoms with Crippen LogP contribution in [0.2, 0.25) is 0 Å². The van der Waals surface area contributed by atoms with Gasteiger partial charge < -0.3 is 15.7 Å². The molecule has 2 aromatic carbocycles. The Labute approximate surface area is 296 Å². The van der Waals surface area contributed by atoms with E-state index in [1.807, 2.05) is 118 Å². The van der Waals surface area contributed by atoms with Crippen LogP contribution in [-0.4, -0.2) is 30.7 Å². The highest BCUT2D eigenvalue weighted by atomic mass is 33.1. The number of aryl methyl sites for hydroxylation is 2. The van der Waals surface area contributed by atoms with Gasteiger partial charge in [-0.15, -0.1) is 0 Å². The van der Waals surface area contributed by atoms with E-state index in [1.165, 1.54) is 11.1 Å². The van der Waals surface area contributed by atoms with Crippen molar-refractivity contribution in [1.29, 1.82) is 0 Å². The molecule has 0 aliphatic heterocycles. The average Bonchev–Trinajstić information content (AvgIpc) is 3.13. The van der Waals surface area contributed by atoms with Gasteiger partial charge in [0.2, 0.25) is 0 Å². The van der Waals surface area contributed by atoms with Gasteiger partial charge in [0.1, 0.15) is 0 Å². The molecule has 0 amide bonds. The van der Waals surface area contributed by atoms with Crippen molar-refractivity contribution in [2.75, 3.05) is 36.3 Å². The molecule has 4 rings (SSSR count). The summed E-state index contributed by atoms with van der Waals surface area (Å²) in [6.45, 7) is 14.0. The Morgan fingerprint density at radius 1 is 0.574 bits per heavy atom. The first-order valence-corrected chi connectivity index (χ1v) is 20.4. The van der Waals surface area contributed by atoms with Crippen molar-refractivity contribution in [3.8, 4) is 0 Å². The number of anilines is 2. The first-order chi connectivity index (χ1) is 22.9. The molecule has 8 heteroatoms. The van der Waals surface area contributed by atoms with Crippen LogP contribution in [0.15, 0.2) is 97.6 Å². The van der Waals surface area contributed by atoms with E-state index < -0.39 is 0 Å². The molecule has 256 valence electrons. The van der Waals surface area contributed by atoms with E-state index in [4.69, 9.17) is 11.5 Å². The molecular formula is C39H58N4OS3+2. The van der Waals surface area contributed by atoms with Gasteiger partial charge in [0.15, 0.2) is 37.9 Å². The number of pyridine rings is 2. The average molecular weight is 695 g/mol. The Bertz CT molecular complexity index is 1290. The molecule has 0 fully saturated rings. The third kappa shape index (κ3) is 21.2. The molecule has 0 radical (unpaired) electrons. The van der Waals surface area contributed by atoms with Gasteiger partial charge in [-0.2, -0.15) is 0 Å². The summed E-state index contributed by atoms with van der Waals surface area (Å²) in [4.78, 5) is 0. The molecule has 0 aliphatic carbocycles. The predicted octanol–water partition coefficient (Wildman–Crippen LogP) is 9.81. The minimum absolute atomic E-state index is 0.0725. The Morgan fingerprint density at radius 3 is 1.09 bits per heavy atom. The van der Waals surface area contributed by atoms with E-state index in [-0.39, 0.29) is 10.8 Å². The molecule has 47 heavy (non-hydrogen) atoms. The fraction of sp³-hybridized carbons (Fsp3) is 0.308. The molecule has 0 aliphatic rings. The molecule has 0 saturated carbocycles. The maximum absolute atomic E-state index is 5.74. The number of nitrogens with two attached hydrogens (primary N) is 2. The third-order valence-corrected chi connectivity index (χ3v) is 8.81. The maximum Gasteiger partial charge on any atom is 0.169 e. The molecule has 1 atom stereocenters. The molecule has 4 N–H and O–H groups in total. The molecule has 0 spiro atoms. The zero-order chi connectivity index (χ0) is 35.3. The zero-order valence-electron chi connectivity index (χ0n) is 29.8. The number of rotatable bonds is 12. The number of nitrogen functional groups attached to an aromatic ring is 2. The van der Waals surface area contributed by atoms with Crippen molar-refractivity contribution in [2.45, 2.75) is 54.6 Å². The summed E-state index contributed by atoms with van der Waals surface area (Å²) >= 11 is 0. The lowest BCUT2D eigenvalue weighted by Gasteiger charge is -2.00. The van der Waals surface area contributed by atoms with E-state index in [0.717, 1.165) is 47.1 Å². The van der Waals surface area contributed by atoms with Crippen molar-refractivity contribution >= 4 is 73.9 Å². The van der Waals surface area contributed by atoms with Crippen molar-refractivity contribution in [2.24, 2.45) is 0 Å². The van der Waals surface area contributed by atoms with E-state index in [2.05, 4.69) is 92.5 Å². The van der Waals surface area contributed by atoms with Crippen LogP contribution >= 0.6 is 32.4 Å². The van der Waals surface area contributed by atoms with Crippen LogP contribution in [0, 0.1) is 0 Å². The minimum atomic E-state index is -0.0725. The third-order valence-electron chi connectivity index (χ3n) is 5.88. The smallest absolute Gasteiger partial charge is 0.169 e. The molecule has 4 aromatic rings. The van der Waals surface area contributed by atoms with Crippen molar-refractivity contribution < 1.29 is 13.3 Å². The van der Waals surface area contributed by atoms with Crippen molar-refractivity contribution in [1.82, 2.24) is 0 Å². The summed E-state index contributed by atoms with van der Waals surface area (Å²) in [7, 11) is 5.43. The van der Waals surface area contributed by atoms with Gasteiger partial charge in [-0.1, -0.05) is 128 Å². The normalized spacial score (nSPS) is 10.7. The topological polar surface area (TPSA) is 69.0 Å². The number of aromatic nitrogens is 2. The van der Waals surface area contributed by atoms with E-state index in [9.17, 15) is 0 Å². The summed E-state index contributed by atoms with van der Waals surface area (Å²) in [5.41, 5.74) is 17.7. The highest BCUT2D eigenvalue weighted by Gasteiger charge is 2.03. The van der Waals surface area contributed by atoms with Crippen molar-refractivity contribution in [3.05, 3.63) is 120 Å². The summed E-state index contributed by atoms with van der Waals surface area (Å²) in [6, 6.07) is 24.4. The quantitative estimate of drug-likeness (QED) is 0.0508. The van der Waals surface area contributed by atoms with Gasteiger partial charge in [0.05, 0.1) is 11.5 Å². The molecule has 2 heterocycles. The predicted molar refractivity (Wildman–Crippen MR) is 219 cm³/mol. The summed E-state index contributed by atoms with van der Waals surface area (Å²) in [6.07, 6.45) is 19.0. The fourth-order valence-corrected chi connectivity index (χ4v) is 5.42. The van der Waals surface area contributed by atoms with Gasteiger partial charge in [0.25, 0.3) is 0 Å². The summed E-state index contributed by atoms with van der Waals surface area (Å²) in [5.74, 6) is 5.72. The van der Waals surface area contributed by atoms with Crippen LogP contribution in [0.3, 0.4) is 0 Å². The second kappa shape index (κ2) is 28.9. The number of nitrogens with zero attached hydrogens (tertiary/aromatic N) is 2. The van der Waals surface area contributed by atoms with Gasteiger partial charge >= 0.3 is 0 Å². The second-order valence-corrected chi connectivity index (χ2v) is 13.3. The van der Waals surface area contributed by atoms with Gasteiger partial charge in [0, 0.05) is 49.0 Å². The molecular weight excluding hydrogens is 637 g/mol. The molecule has 5 nitrogen and oxygen atoms in total. The Morgan fingerprint density at radius 2 is 0.830 bits per heavy atom. The van der Waals surface area contributed by atoms with Crippen LogP contribution in [0.1, 0.15) is 63.8 Å².